The number of alkyl carbamates (subject to hydrolysis) is 1. The van der Waals surface area contributed by atoms with Crippen LogP contribution in [0.1, 0.15) is 112 Å². The molecule has 2 N–H and O–H groups in total. The van der Waals surface area contributed by atoms with Crippen molar-refractivity contribution in [2.24, 2.45) is 46.3 Å². The van der Waals surface area contributed by atoms with E-state index in [-0.39, 0.29) is 30.8 Å². The summed E-state index contributed by atoms with van der Waals surface area (Å²) >= 11 is 0. The summed E-state index contributed by atoms with van der Waals surface area (Å²) in [6.45, 7) is 16.2. The standard InChI is InChI=1S/C40H72NO10P/c1-30(2)9-7-10-31(3)35-13-14-36-34-12-11-32-29-33(15-17-39(32,4)37(34)16-18-40(35,36)5)51-38(42)41-19-8-20-46-21-22-47-23-24-48-25-26-49-27-28-50-52(43,44)45-6/h11,30-31,33-37H,7-10,12-29H2,1-6H3,(H,41,42)(H,43,44)/t31-,33+,34+,35-,36+,37+,39+,40-/m1/s1. The van der Waals surface area contributed by atoms with Gasteiger partial charge in [-0.25, -0.2) is 9.36 Å². The minimum Gasteiger partial charge on any atom is -0.446 e. The summed E-state index contributed by atoms with van der Waals surface area (Å²) in [6.07, 6.45) is 16.8. The average Bonchev–Trinajstić information content (AvgIpc) is 3.47. The summed E-state index contributed by atoms with van der Waals surface area (Å²) in [5.74, 6) is 4.98. The summed E-state index contributed by atoms with van der Waals surface area (Å²) in [5.41, 5.74) is 2.31. The molecule has 52 heavy (non-hydrogen) atoms. The average molecular weight is 758 g/mol. The van der Waals surface area contributed by atoms with Gasteiger partial charge in [-0.1, -0.05) is 65.5 Å². The highest BCUT2D eigenvalue weighted by molar-refractivity contribution is 7.47. The lowest BCUT2D eigenvalue weighted by Crippen LogP contribution is -2.51. The summed E-state index contributed by atoms with van der Waals surface area (Å²) in [4.78, 5) is 21.8. The Morgan fingerprint density at radius 2 is 1.52 bits per heavy atom. The molecular weight excluding hydrogens is 685 g/mol. The van der Waals surface area contributed by atoms with Gasteiger partial charge in [0.25, 0.3) is 0 Å². The highest BCUT2D eigenvalue weighted by atomic mass is 31.2. The van der Waals surface area contributed by atoms with Crippen molar-refractivity contribution in [1.29, 1.82) is 0 Å². The van der Waals surface area contributed by atoms with Crippen LogP contribution in [-0.2, 0) is 37.3 Å². The van der Waals surface area contributed by atoms with E-state index in [4.69, 9.17) is 28.6 Å². The third-order valence-corrected chi connectivity index (χ3v) is 14.1. The molecule has 3 fully saturated rings. The zero-order valence-corrected chi connectivity index (χ0v) is 34.1. The van der Waals surface area contributed by atoms with Gasteiger partial charge >= 0.3 is 13.9 Å². The van der Waals surface area contributed by atoms with Crippen LogP contribution < -0.4 is 5.32 Å². The monoisotopic (exact) mass is 757 g/mol. The van der Waals surface area contributed by atoms with Crippen LogP contribution in [0.3, 0.4) is 0 Å². The molecule has 4 aliphatic carbocycles. The van der Waals surface area contributed by atoms with E-state index in [1.165, 1.54) is 51.4 Å². The van der Waals surface area contributed by atoms with Crippen molar-refractivity contribution in [3.05, 3.63) is 11.6 Å². The second-order valence-corrected chi connectivity index (χ2v) is 18.3. The van der Waals surface area contributed by atoms with Crippen molar-refractivity contribution in [3.8, 4) is 0 Å². The Kier molecular flexibility index (Phi) is 17.9. The fourth-order valence-corrected chi connectivity index (χ4v) is 10.7. The van der Waals surface area contributed by atoms with Gasteiger partial charge in [-0.3, -0.25) is 9.05 Å². The Morgan fingerprint density at radius 1 is 0.865 bits per heavy atom. The second kappa shape index (κ2) is 21.3. The first-order chi connectivity index (χ1) is 24.9. The molecule has 302 valence electrons. The van der Waals surface area contributed by atoms with E-state index in [1.54, 1.807) is 5.57 Å². The first-order valence-electron chi connectivity index (χ1n) is 20.4. The topological polar surface area (TPSA) is 131 Å². The summed E-state index contributed by atoms with van der Waals surface area (Å²) in [5, 5.41) is 2.92. The number of phosphoric ester groups is 1. The number of rotatable bonds is 24. The molecule has 0 aromatic carbocycles. The summed E-state index contributed by atoms with van der Waals surface area (Å²) in [7, 11) is -2.84. The Labute approximate surface area is 314 Å². The quantitative estimate of drug-likeness (QED) is 0.0563. The van der Waals surface area contributed by atoms with Crippen LogP contribution in [0.4, 0.5) is 4.79 Å². The molecule has 0 aromatic heterocycles. The summed E-state index contributed by atoms with van der Waals surface area (Å²) in [6, 6.07) is 0. The van der Waals surface area contributed by atoms with Gasteiger partial charge in [0.1, 0.15) is 6.10 Å². The van der Waals surface area contributed by atoms with Crippen molar-refractivity contribution in [2.75, 3.05) is 73.1 Å². The number of hydrogen-bond acceptors (Lipinski definition) is 9. The van der Waals surface area contributed by atoms with Crippen LogP contribution in [0.15, 0.2) is 11.6 Å². The molecule has 11 nitrogen and oxygen atoms in total. The molecule has 1 unspecified atom stereocenters. The Balaban J connectivity index is 1.03. The highest BCUT2D eigenvalue weighted by Crippen LogP contribution is 2.67. The molecule has 4 rings (SSSR count). The van der Waals surface area contributed by atoms with E-state index >= 15 is 0 Å². The van der Waals surface area contributed by atoms with Gasteiger partial charge in [-0.2, -0.15) is 0 Å². The first-order valence-corrected chi connectivity index (χ1v) is 21.9. The van der Waals surface area contributed by atoms with E-state index in [1.807, 2.05) is 0 Å². The van der Waals surface area contributed by atoms with Gasteiger partial charge in [0, 0.05) is 26.7 Å². The van der Waals surface area contributed by atoms with Gasteiger partial charge in [0.2, 0.25) is 0 Å². The largest absolute Gasteiger partial charge is 0.471 e. The Bertz CT molecular complexity index is 1150. The van der Waals surface area contributed by atoms with E-state index in [2.05, 4.69) is 55.1 Å². The molecule has 12 heteroatoms. The van der Waals surface area contributed by atoms with Gasteiger partial charge < -0.3 is 33.9 Å². The minimum atomic E-state index is -3.95. The van der Waals surface area contributed by atoms with Crippen molar-refractivity contribution >= 4 is 13.9 Å². The molecule has 3 saturated carbocycles. The molecular formula is C40H72NO10P. The Hall–Kier alpha value is -1.04. The van der Waals surface area contributed by atoms with Crippen molar-refractivity contribution < 1.29 is 47.0 Å². The molecule has 0 spiro atoms. The zero-order valence-electron chi connectivity index (χ0n) is 33.2. The molecule has 0 heterocycles. The molecule has 0 bridgehead atoms. The van der Waals surface area contributed by atoms with Crippen LogP contribution in [-0.4, -0.2) is 90.2 Å². The van der Waals surface area contributed by atoms with Gasteiger partial charge in [-0.05, 0) is 97.7 Å². The molecule has 0 aromatic rings. The molecule has 0 radical (unpaired) electrons. The maximum Gasteiger partial charge on any atom is 0.471 e. The van der Waals surface area contributed by atoms with Crippen molar-refractivity contribution in [2.45, 2.75) is 118 Å². The number of hydrogen-bond donors (Lipinski definition) is 2. The lowest BCUT2D eigenvalue weighted by Gasteiger charge is -2.58. The number of carbonyl (C=O) groups is 1. The number of amides is 1. The summed E-state index contributed by atoms with van der Waals surface area (Å²) < 4.78 is 47.8. The number of carbonyl (C=O) groups excluding carboxylic acids is 1. The lowest BCUT2D eigenvalue weighted by molar-refractivity contribution is -0.0581. The lowest BCUT2D eigenvalue weighted by atomic mass is 9.47. The van der Waals surface area contributed by atoms with E-state index in [0.29, 0.717) is 64.6 Å². The number of ether oxygens (including phenoxy) is 5. The van der Waals surface area contributed by atoms with Crippen LogP contribution >= 0.6 is 7.82 Å². The van der Waals surface area contributed by atoms with Gasteiger partial charge in [-0.15, -0.1) is 0 Å². The molecule has 0 saturated heterocycles. The maximum atomic E-state index is 12.7. The maximum absolute atomic E-state index is 12.7. The van der Waals surface area contributed by atoms with Gasteiger partial charge in [0.15, 0.2) is 0 Å². The number of allylic oxidation sites excluding steroid dienone is 1. The van der Waals surface area contributed by atoms with Crippen molar-refractivity contribution in [3.63, 3.8) is 0 Å². The van der Waals surface area contributed by atoms with Crippen LogP contribution in [0.5, 0.6) is 0 Å². The van der Waals surface area contributed by atoms with E-state index < -0.39 is 7.82 Å². The predicted octanol–water partition coefficient (Wildman–Crippen LogP) is 8.34. The minimum absolute atomic E-state index is 0.0386. The van der Waals surface area contributed by atoms with Crippen LogP contribution in [0.2, 0.25) is 0 Å². The van der Waals surface area contributed by atoms with Crippen molar-refractivity contribution in [1.82, 2.24) is 5.32 Å². The third kappa shape index (κ3) is 12.5. The number of fused-ring (bicyclic) bond motifs is 5. The predicted molar refractivity (Wildman–Crippen MR) is 202 cm³/mol. The fourth-order valence-electron chi connectivity index (χ4n) is 10.3. The fraction of sp³-hybridized carbons (Fsp3) is 0.925. The number of phosphoric acid groups is 1. The third-order valence-electron chi connectivity index (χ3n) is 13.1. The SMILES string of the molecule is COP(=O)(O)OCCOCCOCCOCCOCCCNC(=O)O[C@H]1CC[C@@]2(C)C(=CC[C@H]3[C@@H]4CC[C@H]([C@H](C)CCCC(C)C)[C@@]4(C)CC[C@@H]32)C1. The van der Waals surface area contributed by atoms with E-state index in [0.717, 1.165) is 61.9 Å². The first kappa shape index (κ1) is 43.7. The highest BCUT2D eigenvalue weighted by Gasteiger charge is 2.59. The molecule has 9 atom stereocenters. The van der Waals surface area contributed by atoms with E-state index in [9.17, 15) is 9.36 Å². The van der Waals surface area contributed by atoms with Gasteiger partial charge in [0.05, 0.1) is 52.9 Å². The molecule has 0 aliphatic heterocycles. The molecule has 4 aliphatic rings. The normalized spacial score (nSPS) is 31.6. The van der Waals surface area contributed by atoms with Crippen LogP contribution in [0, 0.1) is 46.3 Å². The second-order valence-electron chi connectivity index (χ2n) is 16.8. The number of nitrogens with one attached hydrogen (secondary N) is 1. The van der Waals surface area contributed by atoms with Crippen LogP contribution in [0.25, 0.3) is 0 Å². The molecule has 1 amide bonds. The Morgan fingerprint density at radius 3 is 2.17 bits per heavy atom. The zero-order chi connectivity index (χ0) is 37.6. The smallest absolute Gasteiger partial charge is 0.446 e.